The van der Waals surface area contributed by atoms with Crippen LogP contribution in [0.3, 0.4) is 0 Å². The van der Waals surface area contributed by atoms with Crippen LogP contribution in [-0.4, -0.2) is 40.2 Å². The average molecular weight is 339 g/mol. The Morgan fingerprint density at radius 2 is 2.00 bits per heavy atom. The van der Waals surface area contributed by atoms with Gasteiger partial charge in [-0.2, -0.15) is 10.4 Å². The van der Waals surface area contributed by atoms with Gasteiger partial charge in [-0.1, -0.05) is 39.0 Å². The van der Waals surface area contributed by atoms with Crippen molar-refractivity contribution in [3.05, 3.63) is 42.1 Å². The number of carbonyl (C=O) groups is 1. The summed E-state index contributed by atoms with van der Waals surface area (Å²) in [6, 6.07) is 11.7. The lowest BCUT2D eigenvalue weighted by atomic mass is 9.87. The molecule has 0 aliphatic carbocycles. The van der Waals surface area contributed by atoms with Gasteiger partial charge in [0, 0.05) is 6.04 Å². The van der Waals surface area contributed by atoms with Crippen LogP contribution < -0.4 is 5.32 Å². The first-order chi connectivity index (χ1) is 11.7. The van der Waals surface area contributed by atoms with Crippen LogP contribution in [0.15, 0.2) is 36.5 Å². The van der Waals surface area contributed by atoms with Gasteiger partial charge in [0.2, 0.25) is 5.91 Å². The van der Waals surface area contributed by atoms with E-state index in [1.54, 1.807) is 4.68 Å². The quantitative estimate of drug-likeness (QED) is 0.908. The van der Waals surface area contributed by atoms with E-state index in [4.69, 9.17) is 0 Å². The second-order valence-corrected chi connectivity index (χ2v) is 7.27. The first kappa shape index (κ1) is 18.7. The van der Waals surface area contributed by atoms with Crippen molar-refractivity contribution in [2.24, 2.45) is 5.41 Å². The number of hydrogen-bond acceptors (Lipinski definition) is 4. The molecule has 0 bridgehead atoms. The van der Waals surface area contributed by atoms with Gasteiger partial charge in [-0.25, -0.2) is 4.68 Å². The number of nitriles is 1. The van der Waals surface area contributed by atoms with Crippen molar-refractivity contribution in [2.75, 3.05) is 18.9 Å². The zero-order valence-corrected chi connectivity index (χ0v) is 15.4. The lowest BCUT2D eigenvalue weighted by molar-refractivity contribution is -0.117. The number of carbonyl (C=O) groups excluding carboxylic acids is 1. The fraction of sp³-hybridized carbons (Fsp3) is 0.421. The zero-order chi connectivity index (χ0) is 18.6. The van der Waals surface area contributed by atoms with Crippen LogP contribution in [0.25, 0.3) is 5.69 Å². The fourth-order valence-electron chi connectivity index (χ4n) is 2.51. The topological polar surface area (TPSA) is 74.0 Å². The largest absolute Gasteiger partial charge is 0.308 e. The van der Waals surface area contributed by atoms with Gasteiger partial charge in [-0.3, -0.25) is 9.69 Å². The Hall–Kier alpha value is -2.65. The average Bonchev–Trinajstić information content (AvgIpc) is 2.96. The van der Waals surface area contributed by atoms with Crippen LogP contribution in [0.2, 0.25) is 0 Å². The maximum atomic E-state index is 12.5. The maximum Gasteiger partial charge on any atom is 0.239 e. The van der Waals surface area contributed by atoms with Crippen LogP contribution in [0.5, 0.6) is 0 Å². The molecule has 0 aliphatic heterocycles. The molecule has 2 rings (SSSR count). The summed E-state index contributed by atoms with van der Waals surface area (Å²) in [6.07, 6.45) is 1.46. The van der Waals surface area contributed by atoms with Gasteiger partial charge in [-0.15, -0.1) is 0 Å². The first-order valence-electron chi connectivity index (χ1n) is 8.27. The lowest BCUT2D eigenvalue weighted by Crippen LogP contribution is -2.43. The van der Waals surface area contributed by atoms with Gasteiger partial charge in [-0.05, 0) is 31.5 Å². The van der Waals surface area contributed by atoms with Crippen LogP contribution in [0, 0.1) is 16.7 Å². The third kappa shape index (κ3) is 4.46. The number of para-hydroxylation sites is 1. The van der Waals surface area contributed by atoms with Crippen molar-refractivity contribution in [3.8, 4) is 11.8 Å². The molecule has 25 heavy (non-hydrogen) atoms. The Kier molecular flexibility index (Phi) is 5.60. The maximum absolute atomic E-state index is 12.5. The molecule has 1 amide bonds. The second-order valence-electron chi connectivity index (χ2n) is 7.27. The van der Waals surface area contributed by atoms with Gasteiger partial charge in [0.15, 0.2) is 5.82 Å². The van der Waals surface area contributed by atoms with E-state index in [0.29, 0.717) is 11.4 Å². The molecular weight excluding hydrogens is 314 g/mol. The predicted octanol–water partition coefficient (Wildman–Crippen LogP) is 3.05. The highest BCUT2D eigenvalue weighted by molar-refractivity contribution is 5.92. The Morgan fingerprint density at radius 1 is 1.36 bits per heavy atom. The van der Waals surface area contributed by atoms with Crippen LogP contribution in [-0.2, 0) is 4.79 Å². The molecule has 2 aromatic rings. The molecular formula is C19H25N5O. The van der Waals surface area contributed by atoms with E-state index in [0.717, 1.165) is 5.69 Å². The van der Waals surface area contributed by atoms with Gasteiger partial charge in [0.25, 0.3) is 0 Å². The van der Waals surface area contributed by atoms with Crippen molar-refractivity contribution in [1.29, 1.82) is 5.26 Å². The smallest absolute Gasteiger partial charge is 0.239 e. The van der Waals surface area contributed by atoms with Gasteiger partial charge >= 0.3 is 0 Å². The van der Waals surface area contributed by atoms with Gasteiger partial charge in [0.1, 0.15) is 11.6 Å². The fourth-order valence-corrected chi connectivity index (χ4v) is 2.51. The van der Waals surface area contributed by atoms with Crippen molar-refractivity contribution in [1.82, 2.24) is 14.7 Å². The number of rotatable bonds is 5. The van der Waals surface area contributed by atoms with Crippen LogP contribution in [0.4, 0.5) is 5.82 Å². The summed E-state index contributed by atoms with van der Waals surface area (Å²) in [4.78, 5) is 14.5. The summed E-state index contributed by atoms with van der Waals surface area (Å²) in [5, 5.41) is 16.4. The molecule has 1 aromatic heterocycles. The van der Waals surface area contributed by atoms with Crippen molar-refractivity contribution in [2.45, 2.75) is 33.7 Å². The molecule has 0 radical (unpaired) electrons. The van der Waals surface area contributed by atoms with E-state index >= 15 is 0 Å². The number of hydrogen-bond donors (Lipinski definition) is 1. The highest BCUT2D eigenvalue weighted by atomic mass is 16.2. The standard InChI is InChI=1S/C19H25N5O/c1-14(19(2,3)4)23(5)13-17(25)22-18-15(11-20)12-21-24(18)16-9-7-6-8-10-16/h6-10,12,14H,13H2,1-5H3,(H,22,25). The Morgan fingerprint density at radius 3 is 2.56 bits per heavy atom. The highest BCUT2D eigenvalue weighted by Gasteiger charge is 2.25. The van der Waals surface area contributed by atoms with Crippen molar-refractivity contribution >= 4 is 11.7 Å². The Bertz CT molecular complexity index is 767. The number of nitrogens with one attached hydrogen (secondary N) is 1. The van der Waals surface area contributed by atoms with Crippen molar-refractivity contribution < 1.29 is 4.79 Å². The normalized spacial score (nSPS) is 12.7. The van der Waals surface area contributed by atoms with E-state index in [1.165, 1.54) is 6.20 Å². The third-order valence-electron chi connectivity index (χ3n) is 4.46. The van der Waals surface area contributed by atoms with E-state index in [9.17, 15) is 10.1 Å². The summed E-state index contributed by atoms with van der Waals surface area (Å²) < 4.78 is 1.57. The summed E-state index contributed by atoms with van der Waals surface area (Å²) >= 11 is 0. The van der Waals surface area contributed by atoms with E-state index in [-0.39, 0.29) is 23.9 Å². The first-order valence-corrected chi connectivity index (χ1v) is 8.27. The summed E-state index contributed by atoms with van der Waals surface area (Å²) in [7, 11) is 1.93. The molecule has 0 saturated carbocycles. The predicted molar refractivity (Wildman–Crippen MR) is 98.5 cm³/mol. The van der Waals surface area contributed by atoms with Crippen LogP contribution >= 0.6 is 0 Å². The minimum absolute atomic E-state index is 0.0681. The molecule has 1 atom stereocenters. The van der Waals surface area contributed by atoms with E-state index < -0.39 is 0 Å². The van der Waals surface area contributed by atoms with Gasteiger partial charge in [0.05, 0.1) is 18.4 Å². The number of amides is 1. The minimum atomic E-state index is -0.173. The lowest BCUT2D eigenvalue weighted by Gasteiger charge is -2.34. The summed E-state index contributed by atoms with van der Waals surface area (Å²) in [5.74, 6) is 0.225. The van der Waals surface area contributed by atoms with E-state index in [2.05, 4.69) is 44.2 Å². The molecule has 132 valence electrons. The number of aromatic nitrogens is 2. The van der Waals surface area contributed by atoms with Gasteiger partial charge < -0.3 is 5.32 Å². The minimum Gasteiger partial charge on any atom is -0.308 e. The SMILES string of the molecule is CC(N(C)CC(=O)Nc1c(C#N)cnn1-c1ccccc1)C(C)(C)C. The molecule has 6 heteroatoms. The molecule has 6 nitrogen and oxygen atoms in total. The molecule has 0 fully saturated rings. The second kappa shape index (κ2) is 7.49. The molecule has 1 unspecified atom stereocenters. The van der Waals surface area contributed by atoms with Crippen LogP contribution in [0.1, 0.15) is 33.3 Å². The molecule has 0 saturated heterocycles. The molecule has 1 aromatic carbocycles. The number of anilines is 1. The molecule has 0 spiro atoms. The molecule has 1 heterocycles. The Labute approximate surface area is 149 Å². The summed E-state index contributed by atoms with van der Waals surface area (Å²) in [6.45, 7) is 8.77. The third-order valence-corrected chi connectivity index (χ3v) is 4.46. The Balaban J connectivity index is 2.19. The van der Waals surface area contributed by atoms with E-state index in [1.807, 2.05) is 42.3 Å². The summed E-state index contributed by atoms with van der Waals surface area (Å²) in [5.41, 5.74) is 1.19. The monoisotopic (exact) mass is 339 g/mol. The highest BCUT2D eigenvalue weighted by Crippen LogP contribution is 2.23. The number of nitrogens with zero attached hydrogens (tertiary/aromatic N) is 4. The zero-order valence-electron chi connectivity index (χ0n) is 15.4. The molecule has 0 aliphatic rings. The number of likely N-dealkylation sites (N-methyl/N-ethyl adjacent to an activating group) is 1. The molecule has 1 N–H and O–H groups in total. The number of benzene rings is 1. The van der Waals surface area contributed by atoms with Crippen molar-refractivity contribution in [3.63, 3.8) is 0 Å².